The van der Waals surface area contributed by atoms with Gasteiger partial charge >= 0.3 is 6.16 Å². The Morgan fingerprint density at radius 1 is 0.944 bits per heavy atom. The summed E-state index contributed by atoms with van der Waals surface area (Å²) in [5.41, 5.74) is 2.08. The topological polar surface area (TPSA) is 93.6 Å². The molecule has 0 radical (unpaired) electrons. The third-order valence-electron chi connectivity index (χ3n) is 2.49. The zero-order valence-electron chi connectivity index (χ0n) is 9.29. The Bertz CT molecular complexity index is 698. The summed E-state index contributed by atoms with van der Waals surface area (Å²) in [7, 11) is 0. The van der Waals surface area contributed by atoms with Crippen LogP contribution in [0.1, 0.15) is 0 Å². The van der Waals surface area contributed by atoms with E-state index < -0.39 is 6.16 Å². The van der Waals surface area contributed by atoms with Gasteiger partial charge in [0.25, 0.3) is 0 Å². The van der Waals surface area contributed by atoms with Gasteiger partial charge in [-0.3, -0.25) is 0 Å². The van der Waals surface area contributed by atoms with Crippen molar-refractivity contribution in [2.24, 2.45) is 0 Å². The number of carboxylic acid groups (broad SMARTS) is 2. The molecule has 18 heavy (non-hydrogen) atoms. The molecule has 1 aromatic heterocycles. The Kier molecular flexibility index (Phi) is 3.05. The summed E-state index contributed by atoms with van der Waals surface area (Å²) in [4.78, 5) is 11.8. The number of para-hydroxylation sites is 1. The summed E-state index contributed by atoms with van der Waals surface area (Å²) >= 11 is 0. The molecule has 0 amide bonds. The van der Waals surface area contributed by atoms with Crippen molar-refractivity contribution in [2.45, 2.75) is 0 Å². The molecular formula is C13H11NO4. The molecule has 4 N–H and O–H groups in total. The average molecular weight is 245 g/mol. The monoisotopic (exact) mass is 245 g/mol. The maximum atomic E-state index is 9.34. The summed E-state index contributed by atoms with van der Waals surface area (Å²) in [6.45, 7) is 0. The van der Waals surface area contributed by atoms with Gasteiger partial charge in [-0.05, 0) is 18.2 Å². The summed E-state index contributed by atoms with van der Waals surface area (Å²) < 4.78 is 0. The summed E-state index contributed by atoms with van der Waals surface area (Å²) in [5, 5.41) is 25.6. The molecule has 3 aromatic rings. The molecule has 5 nitrogen and oxygen atoms in total. The predicted octanol–water partition coefficient (Wildman–Crippen LogP) is 3.25. The minimum atomic E-state index is -1.83. The van der Waals surface area contributed by atoms with E-state index in [2.05, 4.69) is 11.1 Å². The maximum Gasteiger partial charge on any atom is 0.503 e. The van der Waals surface area contributed by atoms with Crippen LogP contribution in [-0.4, -0.2) is 26.5 Å². The molecule has 0 saturated heterocycles. The fraction of sp³-hybridized carbons (Fsp3) is 0. The highest BCUT2D eigenvalue weighted by molar-refractivity contribution is 6.07. The van der Waals surface area contributed by atoms with Crippen molar-refractivity contribution in [1.29, 1.82) is 0 Å². The molecule has 0 aliphatic carbocycles. The standard InChI is InChI=1S/C12H9NO.CH2O3/c14-8-5-6-10-9-3-1-2-4-11(9)13-12(10)7-8;2-1(3)4/h1-7,13-14H;(H2,2,3,4). The van der Waals surface area contributed by atoms with Crippen LogP contribution in [0.2, 0.25) is 0 Å². The van der Waals surface area contributed by atoms with Gasteiger partial charge in [-0.25, -0.2) is 4.79 Å². The van der Waals surface area contributed by atoms with Crippen molar-refractivity contribution < 1.29 is 20.1 Å². The largest absolute Gasteiger partial charge is 0.508 e. The number of benzene rings is 2. The number of phenolic OH excluding ortho intramolecular Hbond substituents is 1. The Morgan fingerprint density at radius 2 is 1.56 bits per heavy atom. The number of hydrogen-bond donors (Lipinski definition) is 4. The Balaban J connectivity index is 0.000000267. The number of aromatic hydroxyl groups is 1. The molecule has 0 fully saturated rings. The molecule has 0 spiro atoms. The normalized spacial score (nSPS) is 10.0. The summed E-state index contributed by atoms with van der Waals surface area (Å²) in [5.74, 6) is 0.295. The quantitative estimate of drug-likeness (QED) is 0.489. The first-order valence-electron chi connectivity index (χ1n) is 5.19. The van der Waals surface area contributed by atoms with Crippen molar-refractivity contribution in [1.82, 2.24) is 4.98 Å². The molecule has 1 heterocycles. The van der Waals surface area contributed by atoms with Crippen molar-refractivity contribution in [3.05, 3.63) is 42.5 Å². The fourth-order valence-electron chi connectivity index (χ4n) is 1.84. The van der Waals surface area contributed by atoms with Gasteiger partial charge in [0.1, 0.15) is 5.75 Å². The third-order valence-corrected chi connectivity index (χ3v) is 2.49. The molecule has 2 aromatic carbocycles. The Morgan fingerprint density at radius 3 is 2.28 bits per heavy atom. The first kappa shape index (κ1) is 11.8. The molecule has 0 atom stereocenters. The van der Waals surface area contributed by atoms with Crippen LogP contribution < -0.4 is 0 Å². The minimum Gasteiger partial charge on any atom is -0.508 e. The molecule has 0 aliphatic heterocycles. The van der Waals surface area contributed by atoms with E-state index in [4.69, 9.17) is 15.0 Å². The van der Waals surface area contributed by atoms with E-state index in [9.17, 15) is 5.11 Å². The van der Waals surface area contributed by atoms with Crippen LogP contribution in [0.15, 0.2) is 42.5 Å². The molecule has 0 bridgehead atoms. The lowest BCUT2D eigenvalue weighted by Gasteiger charge is -1.91. The van der Waals surface area contributed by atoms with Crippen LogP contribution in [-0.2, 0) is 0 Å². The number of aromatic amines is 1. The van der Waals surface area contributed by atoms with Gasteiger partial charge in [0, 0.05) is 22.4 Å². The number of phenols is 1. The van der Waals surface area contributed by atoms with Gasteiger partial charge in [-0.2, -0.15) is 0 Å². The number of H-pyrrole nitrogens is 1. The van der Waals surface area contributed by atoms with E-state index in [-0.39, 0.29) is 0 Å². The maximum absolute atomic E-state index is 9.34. The molecule has 0 saturated carbocycles. The van der Waals surface area contributed by atoms with Crippen molar-refractivity contribution in [2.75, 3.05) is 0 Å². The number of rotatable bonds is 0. The highest BCUT2D eigenvalue weighted by atomic mass is 16.6. The highest BCUT2D eigenvalue weighted by Gasteiger charge is 2.02. The second-order valence-corrected chi connectivity index (χ2v) is 3.68. The van der Waals surface area contributed by atoms with Crippen LogP contribution in [0.5, 0.6) is 5.75 Å². The number of carbonyl (C=O) groups is 1. The van der Waals surface area contributed by atoms with Crippen LogP contribution in [0, 0.1) is 0 Å². The summed E-state index contributed by atoms with van der Waals surface area (Å²) in [6, 6.07) is 13.5. The highest BCUT2D eigenvalue weighted by Crippen LogP contribution is 2.27. The van der Waals surface area contributed by atoms with E-state index in [1.54, 1.807) is 12.1 Å². The second-order valence-electron chi connectivity index (χ2n) is 3.68. The number of hydrogen-bond acceptors (Lipinski definition) is 2. The first-order valence-corrected chi connectivity index (χ1v) is 5.19. The van der Waals surface area contributed by atoms with E-state index in [1.807, 2.05) is 24.3 Å². The smallest absolute Gasteiger partial charge is 0.503 e. The number of nitrogens with one attached hydrogen (secondary N) is 1. The van der Waals surface area contributed by atoms with Crippen molar-refractivity contribution in [3.63, 3.8) is 0 Å². The third kappa shape index (κ3) is 2.35. The summed E-state index contributed by atoms with van der Waals surface area (Å²) in [6.07, 6.45) is -1.83. The van der Waals surface area contributed by atoms with Crippen molar-refractivity contribution >= 4 is 28.0 Å². The van der Waals surface area contributed by atoms with Crippen LogP contribution in [0.4, 0.5) is 4.79 Å². The number of fused-ring (bicyclic) bond motifs is 3. The SMILES string of the molecule is O=C(O)O.Oc1ccc2c(c1)[nH]c1ccccc12. The lowest BCUT2D eigenvalue weighted by Crippen LogP contribution is -1.81. The van der Waals surface area contributed by atoms with Gasteiger partial charge in [0.05, 0.1) is 5.52 Å². The van der Waals surface area contributed by atoms with Crippen molar-refractivity contribution in [3.8, 4) is 5.75 Å². The van der Waals surface area contributed by atoms with Crippen LogP contribution in [0.3, 0.4) is 0 Å². The van der Waals surface area contributed by atoms with Gasteiger partial charge in [0.15, 0.2) is 0 Å². The molecule has 3 rings (SSSR count). The lowest BCUT2D eigenvalue weighted by atomic mass is 10.1. The lowest BCUT2D eigenvalue weighted by molar-refractivity contribution is 0.137. The molecule has 0 aliphatic rings. The van der Waals surface area contributed by atoms with E-state index in [1.165, 1.54) is 5.39 Å². The van der Waals surface area contributed by atoms with Gasteiger partial charge in [-0.1, -0.05) is 18.2 Å². The first-order chi connectivity index (χ1) is 8.58. The van der Waals surface area contributed by atoms with Crippen LogP contribution in [0.25, 0.3) is 21.8 Å². The zero-order chi connectivity index (χ0) is 13.1. The molecule has 0 unspecified atom stereocenters. The molecular weight excluding hydrogens is 234 g/mol. The van der Waals surface area contributed by atoms with E-state index in [0.717, 1.165) is 16.4 Å². The molecule has 92 valence electrons. The fourth-order valence-corrected chi connectivity index (χ4v) is 1.84. The van der Waals surface area contributed by atoms with Crippen LogP contribution >= 0.6 is 0 Å². The van der Waals surface area contributed by atoms with Gasteiger partial charge in [-0.15, -0.1) is 0 Å². The zero-order valence-corrected chi connectivity index (χ0v) is 9.29. The Labute approximate surface area is 102 Å². The van der Waals surface area contributed by atoms with E-state index >= 15 is 0 Å². The predicted molar refractivity (Wildman–Crippen MR) is 68.1 cm³/mol. The average Bonchev–Trinajstić information content (AvgIpc) is 2.65. The van der Waals surface area contributed by atoms with Gasteiger partial charge in [0.2, 0.25) is 0 Å². The molecule has 5 heteroatoms. The number of aromatic nitrogens is 1. The Hall–Kier alpha value is -2.69. The second kappa shape index (κ2) is 4.67. The van der Waals surface area contributed by atoms with Gasteiger partial charge < -0.3 is 20.3 Å². The minimum absolute atomic E-state index is 0.295. The van der Waals surface area contributed by atoms with E-state index in [0.29, 0.717) is 5.75 Å².